The van der Waals surface area contributed by atoms with Crippen molar-refractivity contribution < 1.29 is 9.52 Å². The van der Waals surface area contributed by atoms with Crippen LogP contribution in [0.2, 0.25) is 0 Å². The highest BCUT2D eigenvalue weighted by atomic mass is 16.3. The van der Waals surface area contributed by atoms with Crippen molar-refractivity contribution in [3.05, 3.63) is 48.0 Å². The fourth-order valence-electron chi connectivity index (χ4n) is 2.05. The van der Waals surface area contributed by atoms with E-state index in [9.17, 15) is 0 Å². The molecule has 2 aromatic carbocycles. The molecule has 0 aliphatic rings. The molecule has 2 nitrogen and oxygen atoms in total. The van der Waals surface area contributed by atoms with Gasteiger partial charge in [-0.15, -0.1) is 0 Å². The number of hydrogen-bond acceptors (Lipinski definition) is 2. The van der Waals surface area contributed by atoms with Crippen molar-refractivity contribution in [2.24, 2.45) is 0 Å². The maximum absolute atomic E-state index is 8.90. The summed E-state index contributed by atoms with van der Waals surface area (Å²) in [4.78, 5) is 0. The van der Waals surface area contributed by atoms with E-state index in [0.717, 1.165) is 27.5 Å². The van der Waals surface area contributed by atoms with Crippen molar-refractivity contribution in [1.82, 2.24) is 0 Å². The van der Waals surface area contributed by atoms with E-state index >= 15 is 0 Å². The number of furan rings is 1. The van der Waals surface area contributed by atoms with E-state index < -0.39 is 0 Å². The fraction of sp³-hybridized carbons (Fsp3) is 0.143. The van der Waals surface area contributed by atoms with Crippen LogP contribution in [0.15, 0.2) is 46.9 Å². The average Bonchev–Trinajstić information content (AvgIpc) is 2.67. The van der Waals surface area contributed by atoms with Gasteiger partial charge in [-0.25, -0.2) is 0 Å². The van der Waals surface area contributed by atoms with E-state index in [2.05, 4.69) is 12.1 Å². The minimum absolute atomic E-state index is 0.172. The molecule has 1 aromatic heterocycles. The lowest BCUT2D eigenvalue weighted by Gasteiger charge is -1.96. The molecule has 80 valence electrons. The van der Waals surface area contributed by atoms with E-state index in [-0.39, 0.29) is 6.61 Å². The van der Waals surface area contributed by atoms with Gasteiger partial charge in [-0.1, -0.05) is 30.3 Å². The number of fused-ring (bicyclic) bond motifs is 3. The van der Waals surface area contributed by atoms with Gasteiger partial charge in [0.25, 0.3) is 0 Å². The molecule has 3 rings (SSSR count). The summed E-state index contributed by atoms with van der Waals surface area (Å²) in [6, 6.07) is 14.1. The Bertz CT molecular complexity index is 637. The summed E-state index contributed by atoms with van der Waals surface area (Å²) in [5.74, 6) is 0. The molecule has 2 heteroatoms. The third-order valence-electron chi connectivity index (χ3n) is 2.84. The summed E-state index contributed by atoms with van der Waals surface area (Å²) in [6.07, 6.45) is 0.674. The third-order valence-corrected chi connectivity index (χ3v) is 2.84. The minimum atomic E-state index is 0.172. The van der Waals surface area contributed by atoms with Crippen LogP contribution >= 0.6 is 0 Å². The van der Waals surface area contributed by atoms with E-state index in [0.29, 0.717) is 6.42 Å². The Morgan fingerprint density at radius 2 is 1.75 bits per heavy atom. The minimum Gasteiger partial charge on any atom is -0.456 e. The molecular weight excluding hydrogens is 200 g/mol. The molecule has 1 heterocycles. The molecule has 0 atom stereocenters. The molecule has 0 saturated heterocycles. The number of hydrogen-bond donors (Lipinski definition) is 1. The first-order chi connectivity index (χ1) is 7.88. The lowest BCUT2D eigenvalue weighted by atomic mass is 10.1. The van der Waals surface area contributed by atoms with Crippen molar-refractivity contribution in [1.29, 1.82) is 0 Å². The smallest absolute Gasteiger partial charge is 0.135 e. The standard InChI is InChI=1S/C14H12O2/c15-8-7-10-5-6-12-11-3-1-2-4-13(11)16-14(12)9-10/h1-6,9,15H,7-8H2. The topological polar surface area (TPSA) is 33.4 Å². The zero-order chi connectivity index (χ0) is 11.0. The van der Waals surface area contributed by atoms with Crippen LogP contribution in [-0.2, 0) is 6.42 Å². The SMILES string of the molecule is OCCc1ccc2c(c1)oc1ccccc12. The molecule has 0 aliphatic heterocycles. The average molecular weight is 212 g/mol. The second-order valence-electron chi connectivity index (χ2n) is 3.90. The monoisotopic (exact) mass is 212 g/mol. The summed E-state index contributed by atoms with van der Waals surface area (Å²) < 4.78 is 5.76. The molecule has 0 spiro atoms. The van der Waals surface area contributed by atoms with Gasteiger partial charge in [0.05, 0.1) is 0 Å². The summed E-state index contributed by atoms with van der Waals surface area (Å²) >= 11 is 0. The molecule has 3 aromatic rings. The Morgan fingerprint density at radius 3 is 2.62 bits per heavy atom. The van der Waals surface area contributed by atoms with E-state index in [1.165, 1.54) is 0 Å². The molecular formula is C14H12O2. The molecule has 16 heavy (non-hydrogen) atoms. The van der Waals surface area contributed by atoms with E-state index in [1.54, 1.807) is 0 Å². The van der Waals surface area contributed by atoms with Crippen molar-refractivity contribution in [3.8, 4) is 0 Å². The molecule has 0 saturated carbocycles. The van der Waals surface area contributed by atoms with Crippen LogP contribution in [0.4, 0.5) is 0 Å². The maximum atomic E-state index is 8.90. The molecule has 0 amide bonds. The van der Waals surface area contributed by atoms with Crippen LogP contribution in [0.3, 0.4) is 0 Å². The lowest BCUT2D eigenvalue weighted by Crippen LogP contribution is -1.88. The molecule has 0 fully saturated rings. The Morgan fingerprint density at radius 1 is 0.938 bits per heavy atom. The zero-order valence-electron chi connectivity index (χ0n) is 8.81. The van der Waals surface area contributed by atoms with Gasteiger partial charge in [-0.05, 0) is 24.1 Å². The number of aliphatic hydroxyl groups excluding tert-OH is 1. The van der Waals surface area contributed by atoms with Crippen LogP contribution in [0.5, 0.6) is 0 Å². The highest BCUT2D eigenvalue weighted by Gasteiger charge is 2.06. The first-order valence-corrected chi connectivity index (χ1v) is 5.39. The van der Waals surface area contributed by atoms with Gasteiger partial charge < -0.3 is 9.52 Å². The first kappa shape index (κ1) is 9.43. The van der Waals surface area contributed by atoms with Gasteiger partial charge in [0, 0.05) is 17.4 Å². The van der Waals surface area contributed by atoms with Crippen molar-refractivity contribution >= 4 is 21.9 Å². The quantitative estimate of drug-likeness (QED) is 0.708. The highest BCUT2D eigenvalue weighted by Crippen LogP contribution is 2.28. The van der Waals surface area contributed by atoms with Crippen LogP contribution in [-0.4, -0.2) is 11.7 Å². The molecule has 0 unspecified atom stereocenters. The van der Waals surface area contributed by atoms with Gasteiger partial charge in [-0.3, -0.25) is 0 Å². The Labute approximate surface area is 93.1 Å². The third kappa shape index (κ3) is 1.39. The second-order valence-corrected chi connectivity index (χ2v) is 3.90. The lowest BCUT2D eigenvalue weighted by molar-refractivity contribution is 0.299. The van der Waals surface area contributed by atoms with Crippen LogP contribution < -0.4 is 0 Å². The van der Waals surface area contributed by atoms with Crippen molar-refractivity contribution in [3.63, 3.8) is 0 Å². The summed E-state index contributed by atoms with van der Waals surface area (Å²) in [5.41, 5.74) is 2.92. The fourth-order valence-corrected chi connectivity index (χ4v) is 2.05. The summed E-state index contributed by atoms with van der Waals surface area (Å²) in [7, 11) is 0. The largest absolute Gasteiger partial charge is 0.456 e. The van der Waals surface area contributed by atoms with Crippen LogP contribution in [0, 0.1) is 0 Å². The van der Waals surface area contributed by atoms with E-state index in [1.807, 2.05) is 30.3 Å². The Kier molecular flexibility index (Phi) is 2.15. The number of para-hydroxylation sites is 1. The van der Waals surface area contributed by atoms with Gasteiger partial charge >= 0.3 is 0 Å². The van der Waals surface area contributed by atoms with Crippen molar-refractivity contribution in [2.75, 3.05) is 6.61 Å². The van der Waals surface area contributed by atoms with Crippen molar-refractivity contribution in [2.45, 2.75) is 6.42 Å². The van der Waals surface area contributed by atoms with Gasteiger partial charge in [0.15, 0.2) is 0 Å². The second kappa shape index (κ2) is 3.65. The summed E-state index contributed by atoms with van der Waals surface area (Å²) in [5, 5.41) is 11.2. The number of aliphatic hydroxyl groups is 1. The van der Waals surface area contributed by atoms with E-state index in [4.69, 9.17) is 9.52 Å². The van der Waals surface area contributed by atoms with Crippen LogP contribution in [0.1, 0.15) is 5.56 Å². The number of benzene rings is 2. The Hall–Kier alpha value is -1.80. The number of rotatable bonds is 2. The van der Waals surface area contributed by atoms with Gasteiger partial charge in [0.1, 0.15) is 11.2 Å². The van der Waals surface area contributed by atoms with Gasteiger partial charge in [-0.2, -0.15) is 0 Å². The zero-order valence-corrected chi connectivity index (χ0v) is 8.81. The Balaban J connectivity index is 2.28. The molecule has 0 aliphatic carbocycles. The normalized spacial score (nSPS) is 11.3. The molecule has 0 radical (unpaired) electrons. The van der Waals surface area contributed by atoms with Gasteiger partial charge in [0.2, 0.25) is 0 Å². The predicted octanol–water partition coefficient (Wildman–Crippen LogP) is 3.12. The molecule has 0 bridgehead atoms. The highest BCUT2D eigenvalue weighted by molar-refractivity contribution is 6.04. The predicted molar refractivity (Wildman–Crippen MR) is 64.5 cm³/mol. The first-order valence-electron chi connectivity index (χ1n) is 5.39. The van der Waals surface area contributed by atoms with Crippen LogP contribution in [0.25, 0.3) is 21.9 Å². The summed E-state index contributed by atoms with van der Waals surface area (Å²) in [6.45, 7) is 0.172. The maximum Gasteiger partial charge on any atom is 0.135 e. The molecule has 1 N–H and O–H groups in total.